The van der Waals surface area contributed by atoms with Crippen molar-refractivity contribution in [2.75, 3.05) is 10.9 Å². The second kappa shape index (κ2) is 11.4. The zero-order valence-corrected chi connectivity index (χ0v) is 25.8. The monoisotopic (exact) mass is 609 g/mol. The summed E-state index contributed by atoms with van der Waals surface area (Å²) in [5, 5.41) is 1.83. The number of carbonyl (C=O) groups excluding carboxylic acids is 1. The number of hydrogen-bond acceptors (Lipinski definition) is 4. The van der Waals surface area contributed by atoms with Crippen LogP contribution >= 0.6 is 0 Å². The summed E-state index contributed by atoms with van der Waals surface area (Å²) in [6, 6.07) is 40.5. The Kier molecular flexibility index (Phi) is 7.22. The van der Waals surface area contributed by atoms with Gasteiger partial charge in [0.05, 0.1) is 29.3 Å². The van der Waals surface area contributed by atoms with E-state index in [0.29, 0.717) is 11.3 Å². The van der Waals surface area contributed by atoms with Gasteiger partial charge in [0.15, 0.2) is 0 Å². The van der Waals surface area contributed by atoms with Crippen molar-refractivity contribution >= 4 is 32.5 Å². The Balaban J connectivity index is 1.62. The lowest BCUT2D eigenvalue weighted by molar-refractivity contribution is 0.0526. The van der Waals surface area contributed by atoms with E-state index in [4.69, 9.17) is 4.74 Å². The summed E-state index contributed by atoms with van der Waals surface area (Å²) in [6.07, 6.45) is 0. The number of esters is 1. The lowest BCUT2D eigenvalue weighted by atomic mass is 9.79. The molecule has 0 saturated carbocycles. The Labute approximate surface area is 263 Å². The highest BCUT2D eigenvalue weighted by Gasteiger charge is 2.36. The minimum absolute atomic E-state index is 0.141. The fourth-order valence-corrected chi connectivity index (χ4v) is 7.81. The largest absolute Gasteiger partial charge is 0.462 e. The fourth-order valence-electron chi connectivity index (χ4n) is 6.36. The molecule has 222 valence electrons. The van der Waals surface area contributed by atoms with E-state index in [1.165, 1.54) is 4.31 Å². The van der Waals surface area contributed by atoms with Crippen LogP contribution in [0, 0.1) is 6.92 Å². The molecule has 0 aromatic heterocycles. The number of aryl methyl sites for hydroxylation is 1. The maximum Gasteiger partial charge on any atom is 0.338 e. The van der Waals surface area contributed by atoms with E-state index in [-0.39, 0.29) is 24.0 Å². The van der Waals surface area contributed by atoms with Crippen LogP contribution < -0.4 is 4.31 Å². The highest BCUT2D eigenvalue weighted by molar-refractivity contribution is 7.92. The number of benzene rings is 6. The molecule has 6 heteroatoms. The van der Waals surface area contributed by atoms with Gasteiger partial charge in [-0.15, -0.1) is 0 Å². The molecule has 0 fully saturated rings. The molecule has 0 amide bonds. The van der Waals surface area contributed by atoms with Gasteiger partial charge in [-0.2, -0.15) is 0 Å². The first-order valence-electron chi connectivity index (χ1n) is 15.0. The summed E-state index contributed by atoms with van der Waals surface area (Å²) in [6.45, 7) is 4.16. The van der Waals surface area contributed by atoms with Gasteiger partial charge in [-0.25, -0.2) is 13.2 Å². The quantitative estimate of drug-likeness (QED) is 0.177. The molecule has 6 aromatic rings. The Morgan fingerprint density at radius 2 is 1.33 bits per heavy atom. The van der Waals surface area contributed by atoms with Crippen molar-refractivity contribution in [1.82, 2.24) is 0 Å². The van der Waals surface area contributed by atoms with E-state index in [2.05, 4.69) is 24.3 Å². The number of nitrogens with zero attached hydrogens (tertiary/aromatic N) is 1. The highest BCUT2D eigenvalue weighted by atomic mass is 32.2. The van der Waals surface area contributed by atoms with Crippen molar-refractivity contribution in [2.24, 2.45) is 0 Å². The van der Waals surface area contributed by atoms with Gasteiger partial charge in [0, 0.05) is 5.56 Å². The lowest BCUT2D eigenvalue weighted by Crippen LogP contribution is -2.33. The summed E-state index contributed by atoms with van der Waals surface area (Å²) in [5.74, 6) is -0.381. The van der Waals surface area contributed by atoms with Crippen LogP contribution in [0.25, 0.3) is 44.2 Å². The van der Waals surface area contributed by atoms with E-state index >= 15 is 0 Å². The fraction of sp³-hybridized carbons (Fsp3) is 0.103. The first kappa shape index (κ1) is 28.6. The third-order valence-corrected chi connectivity index (χ3v) is 10.2. The number of ether oxygens (including phenoxy) is 1. The number of rotatable bonds is 6. The molecule has 0 N–H and O–H groups in total. The van der Waals surface area contributed by atoms with Gasteiger partial charge in [0.25, 0.3) is 10.0 Å². The second-order valence-electron chi connectivity index (χ2n) is 11.2. The first-order valence-corrected chi connectivity index (χ1v) is 16.4. The molecular weight excluding hydrogens is 578 g/mol. The lowest BCUT2D eigenvalue weighted by Gasteiger charge is -2.35. The van der Waals surface area contributed by atoms with Crippen LogP contribution in [0.15, 0.2) is 132 Å². The molecule has 0 unspecified atom stereocenters. The first-order chi connectivity index (χ1) is 21.9. The average molecular weight is 610 g/mol. The zero-order valence-electron chi connectivity index (χ0n) is 25.0. The maximum atomic E-state index is 14.4. The molecule has 1 aliphatic rings. The number of sulfonamides is 1. The van der Waals surface area contributed by atoms with Crippen molar-refractivity contribution in [1.29, 1.82) is 0 Å². The van der Waals surface area contributed by atoms with Gasteiger partial charge in [-0.3, -0.25) is 4.31 Å². The topological polar surface area (TPSA) is 63.7 Å². The number of anilines is 1. The predicted molar refractivity (Wildman–Crippen MR) is 181 cm³/mol. The number of fused-ring (bicyclic) bond motifs is 4. The number of para-hydroxylation sites is 1. The van der Waals surface area contributed by atoms with Crippen LogP contribution in [0.3, 0.4) is 0 Å². The van der Waals surface area contributed by atoms with Gasteiger partial charge in [0.1, 0.15) is 0 Å². The van der Waals surface area contributed by atoms with E-state index in [1.54, 1.807) is 25.1 Å². The number of hydrogen-bond donors (Lipinski definition) is 0. The molecule has 0 aliphatic carbocycles. The molecule has 0 saturated heterocycles. The van der Waals surface area contributed by atoms with E-state index in [1.807, 2.05) is 91.9 Å². The van der Waals surface area contributed by atoms with Gasteiger partial charge < -0.3 is 4.74 Å². The summed E-state index contributed by atoms with van der Waals surface area (Å²) >= 11 is 0. The summed E-state index contributed by atoms with van der Waals surface area (Å²) in [5.41, 5.74) is 8.58. The molecule has 0 radical (unpaired) electrons. The van der Waals surface area contributed by atoms with Gasteiger partial charge in [0.2, 0.25) is 0 Å². The second-order valence-corrected chi connectivity index (χ2v) is 13.0. The van der Waals surface area contributed by atoms with Crippen molar-refractivity contribution in [3.05, 3.63) is 144 Å². The van der Waals surface area contributed by atoms with Gasteiger partial charge in [-0.1, -0.05) is 103 Å². The Morgan fingerprint density at radius 3 is 2.00 bits per heavy atom. The molecule has 7 rings (SSSR count). The average Bonchev–Trinajstić information content (AvgIpc) is 3.07. The smallest absolute Gasteiger partial charge is 0.338 e. The molecule has 5 nitrogen and oxygen atoms in total. The van der Waals surface area contributed by atoms with Crippen LogP contribution in [-0.2, 0) is 21.3 Å². The van der Waals surface area contributed by atoms with E-state index in [0.717, 1.165) is 55.3 Å². The van der Waals surface area contributed by atoms with Crippen molar-refractivity contribution in [3.8, 4) is 33.4 Å². The third-order valence-electron chi connectivity index (χ3n) is 8.40. The van der Waals surface area contributed by atoms with Crippen LogP contribution in [0.5, 0.6) is 0 Å². The Morgan fingerprint density at radius 1 is 0.711 bits per heavy atom. The molecule has 0 spiro atoms. The maximum absolute atomic E-state index is 14.4. The van der Waals surface area contributed by atoms with Crippen molar-refractivity contribution in [2.45, 2.75) is 25.3 Å². The zero-order chi connectivity index (χ0) is 31.1. The highest BCUT2D eigenvalue weighted by Crippen LogP contribution is 2.52. The van der Waals surface area contributed by atoms with Gasteiger partial charge in [-0.05, 0) is 88.3 Å². The minimum atomic E-state index is -3.92. The standard InChI is InChI=1S/C39H31NO4S/c1-3-44-39(41)29-20-23-31-33(24-29)37(28-14-8-5-9-15-28)38-32-16-10-11-17-35(32)40(45(42,43)30-21-18-26(2)19-22-30)25-34(38)36(31)27-12-6-4-7-13-27/h4-24H,3,25H2,1-2H3. The van der Waals surface area contributed by atoms with Crippen molar-refractivity contribution in [3.63, 3.8) is 0 Å². The summed E-state index contributed by atoms with van der Waals surface area (Å²) < 4.78 is 35.7. The van der Waals surface area contributed by atoms with E-state index < -0.39 is 10.0 Å². The Bertz CT molecular complexity index is 2180. The number of carbonyl (C=O) groups is 1. The van der Waals surface area contributed by atoms with Crippen LogP contribution in [0.4, 0.5) is 5.69 Å². The normalized spacial score (nSPS) is 12.4. The summed E-state index contributed by atoms with van der Waals surface area (Å²) in [7, 11) is -3.92. The van der Waals surface area contributed by atoms with Crippen LogP contribution in [0.1, 0.15) is 28.4 Å². The molecule has 1 aliphatic heterocycles. The molecule has 0 bridgehead atoms. The molecular formula is C39H31NO4S. The van der Waals surface area contributed by atoms with Gasteiger partial charge >= 0.3 is 5.97 Å². The third kappa shape index (κ3) is 4.88. The molecule has 1 heterocycles. The van der Waals surface area contributed by atoms with Crippen LogP contribution in [-0.4, -0.2) is 21.0 Å². The van der Waals surface area contributed by atoms with Crippen molar-refractivity contribution < 1.29 is 17.9 Å². The molecule has 6 aromatic carbocycles. The minimum Gasteiger partial charge on any atom is -0.462 e. The SMILES string of the molecule is CCOC(=O)c1ccc2c(-c3ccccc3)c3c(c(-c4ccccc4)c2c1)-c1ccccc1N(S(=O)(=O)c1ccc(C)cc1)C3. The predicted octanol–water partition coefficient (Wildman–Crippen LogP) is 9.03. The van der Waals surface area contributed by atoms with E-state index in [9.17, 15) is 13.2 Å². The summed E-state index contributed by atoms with van der Waals surface area (Å²) in [4.78, 5) is 13.2. The Hall–Kier alpha value is -5.20. The molecule has 0 atom stereocenters. The molecule has 45 heavy (non-hydrogen) atoms. The van der Waals surface area contributed by atoms with Crippen LogP contribution in [0.2, 0.25) is 0 Å².